The van der Waals surface area contributed by atoms with Crippen molar-refractivity contribution in [2.45, 2.75) is 122 Å². The second-order valence-electron chi connectivity index (χ2n) is 8.86. The summed E-state index contributed by atoms with van der Waals surface area (Å²) in [4.78, 5) is 27.4. The number of nitrogens with zero attached hydrogens (tertiary/aromatic N) is 2. The Morgan fingerprint density at radius 2 is 1.22 bits per heavy atom. The maximum Gasteiger partial charge on any atom is 0.323 e. The number of amides is 1. The highest BCUT2D eigenvalue weighted by Gasteiger charge is 2.08. The lowest BCUT2D eigenvalue weighted by Crippen LogP contribution is -2.38. The minimum Gasteiger partial charge on any atom is -0.480 e. The van der Waals surface area contributed by atoms with Crippen molar-refractivity contribution >= 4 is 17.8 Å². The zero-order chi connectivity index (χ0) is 23.9. The van der Waals surface area contributed by atoms with Crippen molar-refractivity contribution < 1.29 is 14.7 Å². The van der Waals surface area contributed by atoms with Gasteiger partial charge in [-0.15, -0.1) is 0 Å². The van der Waals surface area contributed by atoms with Crippen LogP contribution >= 0.6 is 0 Å². The van der Waals surface area contributed by atoms with E-state index >= 15 is 0 Å². The monoisotopic (exact) mass is 451 g/mol. The van der Waals surface area contributed by atoms with Crippen LogP contribution in [-0.4, -0.2) is 41.4 Å². The van der Waals surface area contributed by atoms with Gasteiger partial charge < -0.3 is 15.7 Å². The number of guanidine groups is 1. The molecule has 0 aliphatic rings. The fraction of sp³-hybridized carbons (Fsp3) is 0.808. The van der Waals surface area contributed by atoms with Crippen molar-refractivity contribution in [1.29, 1.82) is 0 Å². The molecule has 0 aromatic rings. The van der Waals surface area contributed by atoms with Gasteiger partial charge in [-0.1, -0.05) is 96.1 Å². The Balaban J connectivity index is 3.41. The smallest absolute Gasteiger partial charge is 0.323 e. The number of unbranched alkanes of at least 4 members (excludes halogenated alkanes) is 15. The molecule has 3 N–H and O–H groups in total. The Morgan fingerprint density at radius 1 is 0.781 bits per heavy atom. The number of carboxylic acids is 1. The number of aliphatic carboxylic acids is 1. The van der Waals surface area contributed by atoms with E-state index in [-0.39, 0.29) is 18.4 Å². The Kier molecular flexibility index (Phi) is 21.1. The van der Waals surface area contributed by atoms with Crippen LogP contribution in [-0.2, 0) is 9.59 Å². The van der Waals surface area contributed by atoms with Gasteiger partial charge in [0.25, 0.3) is 0 Å². The van der Waals surface area contributed by atoms with Gasteiger partial charge in [-0.2, -0.15) is 4.99 Å². The summed E-state index contributed by atoms with van der Waals surface area (Å²) in [5.74, 6) is -1.32. The van der Waals surface area contributed by atoms with E-state index in [4.69, 9.17) is 10.8 Å². The van der Waals surface area contributed by atoms with Crippen LogP contribution in [0.15, 0.2) is 17.1 Å². The van der Waals surface area contributed by atoms with E-state index in [1.807, 2.05) is 0 Å². The zero-order valence-electron chi connectivity index (χ0n) is 20.8. The van der Waals surface area contributed by atoms with Crippen LogP contribution in [0, 0.1) is 0 Å². The highest BCUT2D eigenvalue weighted by Crippen LogP contribution is 2.12. The number of carbonyl (C=O) groups is 2. The molecule has 0 atom stereocenters. The first-order valence-corrected chi connectivity index (χ1v) is 12.9. The third-order valence-electron chi connectivity index (χ3n) is 5.66. The van der Waals surface area contributed by atoms with E-state index in [2.05, 4.69) is 24.1 Å². The Labute approximate surface area is 196 Å². The molecule has 0 aliphatic heterocycles. The van der Waals surface area contributed by atoms with Crippen molar-refractivity contribution in [3.63, 3.8) is 0 Å². The van der Waals surface area contributed by atoms with Gasteiger partial charge in [0.1, 0.15) is 6.54 Å². The molecule has 0 heterocycles. The molecule has 0 saturated heterocycles. The van der Waals surface area contributed by atoms with Gasteiger partial charge >= 0.3 is 5.97 Å². The van der Waals surface area contributed by atoms with E-state index in [0.29, 0.717) is 6.42 Å². The molecule has 6 nitrogen and oxygen atoms in total. The molecule has 0 bridgehead atoms. The molecule has 0 aromatic carbocycles. The molecule has 0 rings (SSSR count). The number of hydrogen-bond acceptors (Lipinski definition) is 2. The predicted octanol–water partition coefficient (Wildman–Crippen LogP) is 6.44. The molecule has 186 valence electrons. The van der Waals surface area contributed by atoms with E-state index in [1.54, 1.807) is 0 Å². The van der Waals surface area contributed by atoms with E-state index in [0.717, 1.165) is 19.3 Å². The first-order valence-electron chi connectivity index (χ1n) is 12.9. The summed E-state index contributed by atoms with van der Waals surface area (Å²) in [6, 6.07) is 0. The van der Waals surface area contributed by atoms with Crippen molar-refractivity contribution in [1.82, 2.24) is 4.90 Å². The van der Waals surface area contributed by atoms with Gasteiger partial charge in [0.15, 0.2) is 5.96 Å². The molecule has 6 heteroatoms. The minimum atomic E-state index is -1.01. The predicted molar refractivity (Wildman–Crippen MR) is 135 cm³/mol. The minimum absolute atomic E-state index is 0.0364. The molecular weight excluding hydrogens is 402 g/mol. The molecule has 1 amide bonds. The summed E-state index contributed by atoms with van der Waals surface area (Å²) < 4.78 is 0. The summed E-state index contributed by atoms with van der Waals surface area (Å²) in [5, 5.41) is 8.71. The fourth-order valence-corrected chi connectivity index (χ4v) is 3.61. The molecule has 32 heavy (non-hydrogen) atoms. The van der Waals surface area contributed by atoms with Gasteiger partial charge in [-0.3, -0.25) is 9.59 Å². The first-order chi connectivity index (χ1) is 15.5. The standard InChI is InChI=1S/C26H49N3O3/c1-3-4-5-6-7-8-9-10-11-12-13-14-15-16-17-18-19-20-21-22-24(30)28-26(27)29(2)23-25(31)32/h10-11H,3-9,12-23H2,1-2H3,(H,31,32)(H2,27,28,30)/b11-10-. The highest BCUT2D eigenvalue weighted by molar-refractivity contribution is 5.93. The van der Waals surface area contributed by atoms with E-state index in [1.165, 1.54) is 102 Å². The molecule has 0 unspecified atom stereocenters. The van der Waals surface area contributed by atoms with Crippen LogP contribution in [0.3, 0.4) is 0 Å². The number of likely N-dealkylation sites (N-methyl/N-ethyl adjacent to an activating group) is 1. The Morgan fingerprint density at radius 3 is 1.69 bits per heavy atom. The largest absolute Gasteiger partial charge is 0.480 e. The highest BCUT2D eigenvalue weighted by atomic mass is 16.4. The van der Waals surface area contributed by atoms with Crippen LogP contribution in [0.5, 0.6) is 0 Å². The first kappa shape index (κ1) is 30.1. The Bertz CT molecular complexity index is 532. The van der Waals surface area contributed by atoms with Gasteiger partial charge in [-0.25, -0.2) is 0 Å². The molecule has 0 aromatic heterocycles. The SMILES string of the molecule is CCCCCCCC/C=C\CCCCCCCCCCCC(=O)N=C(N)N(C)CC(=O)O. The maximum absolute atomic E-state index is 11.8. The second-order valence-corrected chi connectivity index (χ2v) is 8.86. The summed E-state index contributed by atoms with van der Waals surface area (Å²) >= 11 is 0. The lowest BCUT2D eigenvalue weighted by molar-refractivity contribution is -0.137. The number of aliphatic imine (C=N–C) groups is 1. The average molecular weight is 452 g/mol. The Hall–Kier alpha value is -1.85. The normalized spacial score (nSPS) is 11.9. The molecule has 0 fully saturated rings. The third-order valence-corrected chi connectivity index (χ3v) is 5.66. The number of allylic oxidation sites excluding steroid dienone is 2. The summed E-state index contributed by atoms with van der Waals surface area (Å²) in [6.07, 6.45) is 26.6. The molecular formula is C26H49N3O3. The van der Waals surface area contributed by atoms with Gasteiger partial charge in [-0.05, 0) is 32.1 Å². The molecule has 0 saturated carbocycles. The van der Waals surface area contributed by atoms with Crippen LogP contribution in [0.4, 0.5) is 0 Å². The second kappa shape index (κ2) is 22.3. The number of carbonyl (C=O) groups excluding carboxylic acids is 1. The fourth-order valence-electron chi connectivity index (χ4n) is 3.61. The van der Waals surface area contributed by atoms with Crippen LogP contribution in [0.1, 0.15) is 122 Å². The van der Waals surface area contributed by atoms with E-state index in [9.17, 15) is 9.59 Å². The third kappa shape index (κ3) is 21.4. The summed E-state index contributed by atoms with van der Waals surface area (Å²) in [6.45, 7) is 2.00. The lowest BCUT2D eigenvalue weighted by atomic mass is 10.1. The lowest BCUT2D eigenvalue weighted by Gasteiger charge is -2.14. The quantitative estimate of drug-likeness (QED) is 0.0905. The van der Waals surface area contributed by atoms with Gasteiger partial charge in [0.2, 0.25) is 5.91 Å². The van der Waals surface area contributed by atoms with Crippen molar-refractivity contribution in [3.8, 4) is 0 Å². The summed E-state index contributed by atoms with van der Waals surface area (Å²) in [5.41, 5.74) is 5.63. The summed E-state index contributed by atoms with van der Waals surface area (Å²) in [7, 11) is 1.51. The maximum atomic E-state index is 11.8. The zero-order valence-corrected chi connectivity index (χ0v) is 20.8. The van der Waals surface area contributed by atoms with Crippen LogP contribution in [0.25, 0.3) is 0 Å². The van der Waals surface area contributed by atoms with Crippen molar-refractivity contribution in [2.24, 2.45) is 10.7 Å². The topological polar surface area (TPSA) is 96.0 Å². The van der Waals surface area contributed by atoms with Crippen molar-refractivity contribution in [3.05, 3.63) is 12.2 Å². The molecule has 0 spiro atoms. The van der Waals surface area contributed by atoms with Crippen LogP contribution < -0.4 is 5.73 Å². The number of rotatable bonds is 21. The molecule has 0 aliphatic carbocycles. The number of hydrogen-bond donors (Lipinski definition) is 2. The average Bonchev–Trinajstić information content (AvgIpc) is 2.74. The van der Waals surface area contributed by atoms with Gasteiger partial charge in [0.05, 0.1) is 0 Å². The molecule has 0 radical (unpaired) electrons. The van der Waals surface area contributed by atoms with Crippen LogP contribution in [0.2, 0.25) is 0 Å². The van der Waals surface area contributed by atoms with E-state index < -0.39 is 5.97 Å². The number of nitrogens with two attached hydrogens (primary N) is 1. The number of carboxylic acid groups (broad SMARTS) is 1. The van der Waals surface area contributed by atoms with Crippen molar-refractivity contribution in [2.75, 3.05) is 13.6 Å². The van der Waals surface area contributed by atoms with Gasteiger partial charge in [0, 0.05) is 13.5 Å².